The van der Waals surface area contributed by atoms with Gasteiger partial charge < -0.3 is 33.5 Å². The van der Waals surface area contributed by atoms with E-state index in [0.29, 0.717) is 28.6 Å². The maximum atomic E-state index is 12.7. The lowest BCUT2D eigenvalue weighted by Crippen LogP contribution is -2.37. The largest absolute Gasteiger partial charge is 0.573 e. The van der Waals surface area contributed by atoms with E-state index in [4.69, 9.17) is 23.7 Å². The molecule has 3 aromatic carbocycles. The zero-order valence-corrected chi connectivity index (χ0v) is 21.5. The van der Waals surface area contributed by atoms with Gasteiger partial charge in [-0.2, -0.15) is 0 Å². The fourth-order valence-corrected chi connectivity index (χ4v) is 3.36. The molecule has 3 rings (SSSR count). The first-order valence-electron chi connectivity index (χ1n) is 11.7. The van der Waals surface area contributed by atoms with Crippen molar-refractivity contribution in [2.45, 2.75) is 12.9 Å². The van der Waals surface area contributed by atoms with E-state index in [0.717, 1.165) is 17.0 Å². The van der Waals surface area contributed by atoms with Gasteiger partial charge in [0, 0.05) is 6.54 Å². The van der Waals surface area contributed by atoms with Crippen molar-refractivity contribution in [1.82, 2.24) is 4.90 Å². The third-order valence-electron chi connectivity index (χ3n) is 5.12. The van der Waals surface area contributed by atoms with Crippen molar-refractivity contribution < 1.29 is 56.3 Å². The summed E-state index contributed by atoms with van der Waals surface area (Å²) in [5, 5.41) is 9.30. The number of aliphatic carboxylic acids is 1. The van der Waals surface area contributed by atoms with E-state index in [1.807, 2.05) is 0 Å². The van der Waals surface area contributed by atoms with Crippen molar-refractivity contribution in [2.24, 2.45) is 0 Å². The molecule has 40 heavy (non-hydrogen) atoms. The molecule has 1 N–H and O–H groups in total. The Morgan fingerprint density at radius 3 is 1.98 bits per heavy atom. The number of amides is 1. The third kappa shape index (κ3) is 9.49. The highest BCUT2D eigenvalue weighted by Crippen LogP contribution is 2.29. The van der Waals surface area contributed by atoms with Crippen LogP contribution in [0.2, 0.25) is 0 Å². The number of ether oxygens (including phenoxy) is 6. The van der Waals surface area contributed by atoms with Gasteiger partial charge in [0.25, 0.3) is 0 Å². The van der Waals surface area contributed by atoms with Gasteiger partial charge in [-0.25, -0.2) is 4.79 Å². The molecule has 10 nitrogen and oxygen atoms in total. The lowest BCUT2D eigenvalue weighted by atomic mass is 10.2. The topological polar surface area (TPSA) is 113 Å². The predicted octanol–water partition coefficient (Wildman–Crippen LogP) is 5.15. The fraction of sp³-hybridized carbons (Fsp3) is 0.259. The van der Waals surface area contributed by atoms with Gasteiger partial charge in [-0.1, -0.05) is 6.07 Å². The van der Waals surface area contributed by atoms with Crippen LogP contribution in [0, 0.1) is 0 Å². The number of nitrogens with zero attached hydrogens (tertiary/aromatic N) is 1. The Balaban J connectivity index is 1.60. The van der Waals surface area contributed by atoms with Gasteiger partial charge in [0.05, 0.1) is 14.2 Å². The second-order valence-electron chi connectivity index (χ2n) is 7.99. The molecule has 0 saturated heterocycles. The van der Waals surface area contributed by atoms with Crippen LogP contribution in [0.4, 0.5) is 18.0 Å². The van der Waals surface area contributed by atoms with Gasteiger partial charge in [0.15, 0.2) is 11.5 Å². The molecule has 0 heterocycles. The van der Waals surface area contributed by atoms with Gasteiger partial charge in [-0.05, 0) is 66.2 Å². The monoisotopic (exact) mass is 565 g/mol. The number of hydrogen-bond donors (Lipinski definition) is 1. The van der Waals surface area contributed by atoms with Crippen molar-refractivity contribution in [3.05, 3.63) is 72.3 Å². The molecule has 0 saturated carbocycles. The number of carboxylic acid groups (broad SMARTS) is 1. The Kier molecular flexibility index (Phi) is 10.3. The minimum Gasteiger partial charge on any atom is -0.497 e. The van der Waals surface area contributed by atoms with Gasteiger partial charge in [-0.15, -0.1) is 13.2 Å². The Bertz CT molecular complexity index is 1270. The summed E-state index contributed by atoms with van der Waals surface area (Å²) < 4.78 is 67.6. The SMILES string of the molecule is COc1ccc(OC(=O)N(CC(=O)O)Cc2ccc(OC)c(OCCOc3ccc(OC(F)(F)F)cc3)c2)cc1. The second kappa shape index (κ2) is 13.8. The van der Waals surface area contributed by atoms with Crippen LogP contribution in [0.15, 0.2) is 66.7 Å². The summed E-state index contributed by atoms with van der Waals surface area (Å²) in [4.78, 5) is 25.1. The van der Waals surface area contributed by atoms with Gasteiger partial charge in [0.2, 0.25) is 0 Å². The normalized spacial score (nSPS) is 10.8. The van der Waals surface area contributed by atoms with Crippen molar-refractivity contribution in [3.8, 4) is 34.5 Å². The molecule has 0 unspecified atom stereocenters. The molecule has 0 fully saturated rings. The number of rotatable bonds is 13. The fourth-order valence-electron chi connectivity index (χ4n) is 3.36. The Morgan fingerprint density at radius 2 is 1.38 bits per heavy atom. The number of methoxy groups -OCH3 is 2. The summed E-state index contributed by atoms with van der Waals surface area (Å²) in [6.45, 7) is -0.631. The number of carboxylic acids is 1. The van der Waals surface area contributed by atoms with E-state index in [1.165, 1.54) is 38.5 Å². The van der Waals surface area contributed by atoms with Crippen molar-refractivity contribution in [2.75, 3.05) is 34.0 Å². The number of hydrogen-bond acceptors (Lipinski definition) is 8. The van der Waals surface area contributed by atoms with Crippen molar-refractivity contribution in [1.29, 1.82) is 0 Å². The maximum absolute atomic E-state index is 12.7. The van der Waals surface area contributed by atoms with E-state index in [2.05, 4.69) is 4.74 Å². The summed E-state index contributed by atoms with van der Waals surface area (Å²) >= 11 is 0. The Morgan fingerprint density at radius 1 is 0.775 bits per heavy atom. The molecular formula is C27H26F3NO9. The lowest BCUT2D eigenvalue weighted by Gasteiger charge is -2.21. The zero-order chi connectivity index (χ0) is 29.1. The highest BCUT2D eigenvalue weighted by molar-refractivity contribution is 5.78. The van der Waals surface area contributed by atoms with E-state index >= 15 is 0 Å². The molecule has 0 atom stereocenters. The smallest absolute Gasteiger partial charge is 0.497 e. The van der Waals surface area contributed by atoms with E-state index in [-0.39, 0.29) is 31.3 Å². The van der Waals surface area contributed by atoms with E-state index in [9.17, 15) is 27.9 Å². The van der Waals surface area contributed by atoms with Crippen LogP contribution < -0.4 is 28.4 Å². The summed E-state index contributed by atoms with van der Waals surface area (Å²) in [5.74, 6) is 0.154. The lowest BCUT2D eigenvalue weighted by molar-refractivity contribution is -0.274. The first kappa shape index (κ1) is 29.7. The number of alkyl halides is 3. The summed E-state index contributed by atoms with van der Waals surface area (Å²) in [6, 6.07) is 15.9. The highest BCUT2D eigenvalue weighted by atomic mass is 19.4. The molecule has 1 amide bonds. The van der Waals surface area contributed by atoms with Crippen molar-refractivity contribution >= 4 is 12.1 Å². The van der Waals surface area contributed by atoms with Gasteiger partial charge >= 0.3 is 18.4 Å². The number of carbonyl (C=O) groups is 2. The number of carbonyl (C=O) groups excluding carboxylic acids is 1. The van der Waals surface area contributed by atoms with Crippen LogP contribution in [0.25, 0.3) is 0 Å². The van der Waals surface area contributed by atoms with Crippen LogP contribution >= 0.6 is 0 Å². The standard InChI is InChI=1S/C27H26F3NO9/c1-35-19-4-8-21(9-5-19)39-26(34)31(17-25(32)33)16-18-3-12-23(36-2)24(15-18)38-14-13-37-20-6-10-22(11-7-20)40-27(28,29)30/h3-12,15H,13-14,16-17H2,1-2H3,(H,32,33). The predicted molar refractivity (Wildman–Crippen MR) is 134 cm³/mol. The van der Waals surface area contributed by atoms with Gasteiger partial charge in [-0.3, -0.25) is 9.69 Å². The molecule has 0 bridgehead atoms. The third-order valence-corrected chi connectivity index (χ3v) is 5.12. The van der Waals surface area contributed by atoms with Crippen LogP contribution in [-0.2, 0) is 11.3 Å². The molecule has 0 aliphatic heterocycles. The summed E-state index contributed by atoms with van der Waals surface area (Å²) in [7, 11) is 2.93. The van der Waals surface area contributed by atoms with E-state index in [1.54, 1.807) is 30.3 Å². The van der Waals surface area contributed by atoms with Crippen molar-refractivity contribution in [3.63, 3.8) is 0 Å². The van der Waals surface area contributed by atoms with Crippen LogP contribution in [0.5, 0.6) is 34.5 Å². The summed E-state index contributed by atoms with van der Waals surface area (Å²) in [5.41, 5.74) is 0.532. The summed E-state index contributed by atoms with van der Waals surface area (Å²) in [6.07, 6.45) is -5.66. The zero-order valence-electron chi connectivity index (χ0n) is 21.5. The second-order valence-corrected chi connectivity index (χ2v) is 7.99. The molecule has 3 aromatic rings. The van der Waals surface area contributed by atoms with Crippen LogP contribution in [-0.4, -0.2) is 62.4 Å². The Labute approximate surface area is 227 Å². The molecule has 13 heteroatoms. The first-order chi connectivity index (χ1) is 19.1. The molecule has 0 aliphatic carbocycles. The first-order valence-corrected chi connectivity index (χ1v) is 11.7. The minimum atomic E-state index is -4.79. The quantitative estimate of drug-likeness (QED) is 0.281. The highest BCUT2D eigenvalue weighted by Gasteiger charge is 2.31. The average molecular weight is 565 g/mol. The van der Waals surface area contributed by atoms with Crippen LogP contribution in [0.1, 0.15) is 5.56 Å². The molecule has 214 valence electrons. The molecule has 0 radical (unpaired) electrons. The number of benzene rings is 3. The van der Waals surface area contributed by atoms with E-state index < -0.39 is 25.0 Å². The molecule has 0 spiro atoms. The molecular weight excluding hydrogens is 539 g/mol. The molecule has 0 aromatic heterocycles. The number of halogens is 3. The van der Waals surface area contributed by atoms with Gasteiger partial charge in [0.1, 0.15) is 42.8 Å². The molecule has 0 aliphatic rings. The maximum Gasteiger partial charge on any atom is 0.573 e. The minimum absolute atomic E-state index is 0.0406. The average Bonchev–Trinajstić information content (AvgIpc) is 2.91. The Hall–Kier alpha value is -4.81. The van der Waals surface area contributed by atoms with Crippen LogP contribution in [0.3, 0.4) is 0 Å².